The average Bonchev–Trinajstić information content (AvgIpc) is 3.01. The molecule has 1 saturated heterocycles. The number of likely N-dealkylation sites (N-methyl/N-ethyl adjacent to an activating group) is 2. The van der Waals surface area contributed by atoms with E-state index < -0.39 is 5.54 Å². The van der Waals surface area contributed by atoms with Gasteiger partial charge in [-0.05, 0) is 60.2 Å². The summed E-state index contributed by atoms with van der Waals surface area (Å²) in [6, 6.07) is 22.9. The predicted molar refractivity (Wildman–Crippen MR) is 170 cm³/mol. The van der Waals surface area contributed by atoms with Gasteiger partial charge in [0.25, 0.3) is 5.91 Å². The minimum atomic E-state index is -0.900. The molecule has 3 aromatic carbocycles. The van der Waals surface area contributed by atoms with Crippen LogP contribution in [0.3, 0.4) is 0 Å². The lowest BCUT2D eigenvalue weighted by Crippen LogP contribution is -2.58. The maximum absolute atomic E-state index is 14.0. The van der Waals surface area contributed by atoms with Crippen molar-refractivity contribution in [2.75, 3.05) is 40.3 Å². The number of piperidine rings is 1. The number of nitrogens with one attached hydrogen (secondary N) is 1. The summed E-state index contributed by atoms with van der Waals surface area (Å²) in [6.07, 6.45) is 2.55. The van der Waals surface area contributed by atoms with E-state index in [4.69, 9.17) is 23.2 Å². The Kier molecular flexibility index (Phi) is 9.16. The number of carbonyl (C=O) groups is 3. The summed E-state index contributed by atoms with van der Waals surface area (Å²) in [7, 11) is 3.55. The van der Waals surface area contributed by atoms with Crippen LogP contribution in [0.4, 0.5) is 0 Å². The number of hydrogen-bond acceptors (Lipinski definition) is 4. The molecule has 1 fully saturated rings. The van der Waals surface area contributed by atoms with Crippen LogP contribution in [0.2, 0.25) is 10.0 Å². The Labute approximate surface area is 263 Å². The molecule has 226 valence electrons. The van der Waals surface area contributed by atoms with Gasteiger partial charge in [-0.15, -0.1) is 0 Å². The maximum Gasteiger partial charge on any atom is 0.254 e. The third-order valence-corrected chi connectivity index (χ3v) is 10.0. The zero-order valence-corrected chi connectivity index (χ0v) is 26.4. The van der Waals surface area contributed by atoms with Crippen molar-refractivity contribution in [2.24, 2.45) is 0 Å². The minimum Gasteiger partial charge on any atom is -0.346 e. The molecule has 2 aliphatic heterocycles. The minimum absolute atomic E-state index is 0.0686. The van der Waals surface area contributed by atoms with Gasteiger partial charge in [0.1, 0.15) is 0 Å². The van der Waals surface area contributed by atoms with Crippen molar-refractivity contribution in [3.05, 3.63) is 105 Å². The highest BCUT2D eigenvalue weighted by Gasteiger charge is 2.44. The number of amides is 3. The smallest absolute Gasteiger partial charge is 0.254 e. The fraction of sp³-hybridized carbons (Fsp3) is 0.382. The van der Waals surface area contributed by atoms with Gasteiger partial charge in [0, 0.05) is 52.8 Å². The number of rotatable bonds is 8. The number of halogens is 2. The molecule has 0 aliphatic carbocycles. The third-order valence-electron chi connectivity index (χ3n) is 9.27. The Morgan fingerprint density at radius 2 is 1.63 bits per heavy atom. The highest BCUT2D eigenvalue weighted by molar-refractivity contribution is 6.42. The molecule has 7 nitrogen and oxygen atoms in total. The summed E-state index contributed by atoms with van der Waals surface area (Å²) in [6.45, 7) is 4.04. The topological polar surface area (TPSA) is 73.0 Å². The van der Waals surface area contributed by atoms with Gasteiger partial charge in [-0.2, -0.15) is 0 Å². The largest absolute Gasteiger partial charge is 0.346 e. The zero-order valence-electron chi connectivity index (χ0n) is 24.9. The van der Waals surface area contributed by atoms with Crippen molar-refractivity contribution in [2.45, 2.75) is 43.7 Å². The normalized spacial score (nSPS) is 17.5. The summed E-state index contributed by atoms with van der Waals surface area (Å²) in [5.74, 6) is -0.182. The van der Waals surface area contributed by atoms with E-state index in [0.29, 0.717) is 35.0 Å². The van der Waals surface area contributed by atoms with Crippen molar-refractivity contribution in [1.29, 1.82) is 0 Å². The molecule has 1 N–H and O–H groups in total. The van der Waals surface area contributed by atoms with Gasteiger partial charge in [0.2, 0.25) is 11.8 Å². The Morgan fingerprint density at radius 3 is 2.30 bits per heavy atom. The molecule has 1 atom stereocenters. The summed E-state index contributed by atoms with van der Waals surface area (Å²) >= 11 is 12.9. The second-order valence-electron chi connectivity index (χ2n) is 11.8. The number of fused-ring (bicyclic) bond motifs is 2. The fourth-order valence-corrected chi connectivity index (χ4v) is 6.93. The van der Waals surface area contributed by atoms with Gasteiger partial charge in [-0.1, -0.05) is 71.7 Å². The molecule has 0 saturated carbocycles. The van der Waals surface area contributed by atoms with Crippen LogP contribution in [0.15, 0.2) is 72.8 Å². The van der Waals surface area contributed by atoms with E-state index in [9.17, 15) is 14.4 Å². The molecule has 0 aromatic heterocycles. The van der Waals surface area contributed by atoms with E-state index in [0.717, 1.165) is 37.1 Å². The first-order valence-corrected chi connectivity index (χ1v) is 15.4. The second-order valence-corrected chi connectivity index (χ2v) is 12.6. The predicted octanol–water partition coefficient (Wildman–Crippen LogP) is 5.49. The van der Waals surface area contributed by atoms with Crippen molar-refractivity contribution in [3.63, 3.8) is 0 Å². The van der Waals surface area contributed by atoms with Crippen LogP contribution in [0.1, 0.15) is 53.2 Å². The SMILES string of the molecule is CC(=O)N(C)C[C@](CCN1CCC2(CC1)NC(=O)Cc1ccccc12)(c1ccc(Cl)c(Cl)c1)N(C)C(=O)c1ccccc1. The van der Waals surface area contributed by atoms with E-state index in [2.05, 4.69) is 22.3 Å². The molecule has 0 unspecified atom stereocenters. The van der Waals surface area contributed by atoms with Crippen molar-refractivity contribution >= 4 is 40.9 Å². The summed E-state index contributed by atoms with van der Waals surface area (Å²) in [4.78, 5) is 45.0. The van der Waals surface area contributed by atoms with Crippen LogP contribution in [-0.2, 0) is 27.1 Å². The van der Waals surface area contributed by atoms with Gasteiger partial charge >= 0.3 is 0 Å². The molecule has 2 aliphatic rings. The number of nitrogens with zero attached hydrogens (tertiary/aromatic N) is 3. The van der Waals surface area contributed by atoms with E-state index in [1.165, 1.54) is 12.5 Å². The summed E-state index contributed by atoms with van der Waals surface area (Å²) in [5, 5.41) is 4.13. The number of likely N-dealkylation sites (tertiary alicyclic amines) is 1. The first kappa shape index (κ1) is 31.0. The van der Waals surface area contributed by atoms with E-state index in [1.54, 1.807) is 42.1 Å². The molecule has 5 rings (SSSR count). The highest BCUT2D eigenvalue weighted by atomic mass is 35.5. The molecule has 9 heteroatoms. The third kappa shape index (κ3) is 6.30. The molecule has 2 heterocycles. The van der Waals surface area contributed by atoms with Crippen molar-refractivity contribution in [3.8, 4) is 0 Å². The monoisotopic (exact) mass is 620 g/mol. The summed E-state index contributed by atoms with van der Waals surface area (Å²) in [5.41, 5.74) is 2.43. The van der Waals surface area contributed by atoms with Crippen LogP contribution >= 0.6 is 23.2 Å². The molecule has 0 bridgehead atoms. The fourth-order valence-electron chi connectivity index (χ4n) is 6.63. The lowest BCUT2D eigenvalue weighted by Gasteiger charge is -2.48. The molecule has 43 heavy (non-hydrogen) atoms. The molecular weight excluding hydrogens is 583 g/mol. The number of carbonyl (C=O) groups excluding carboxylic acids is 3. The molecule has 3 amide bonds. The average molecular weight is 622 g/mol. The summed E-state index contributed by atoms with van der Waals surface area (Å²) < 4.78 is 0. The van der Waals surface area contributed by atoms with E-state index in [1.807, 2.05) is 42.5 Å². The highest BCUT2D eigenvalue weighted by Crippen LogP contribution is 2.40. The molecule has 0 radical (unpaired) electrons. The molecule has 1 spiro atoms. The van der Waals surface area contributed by atoms with Crippen LogP contribution in [0, 0.1) is 0 Å². The van der Waals surface area contributed by atoms with Gasteiger partial charge in [0.15, 0.2) is 0 Å². The van der Waals surface area contributed by atoms with Crippen LogP contribution in [0.5, 0.6) is 0 Å². The standard InChI is InChI=1S/C34H38Cl2N4O3/c1-24(41)38(2)23-34(27-13-14-29(35)30(36)22-27,39(3)32(43)25-9-5-4-6-10-25)17-20-40-18-15-33(16-19-40)28-12-8-7-11-26(28)21-31(42)37-33/h4-14,22H,15-21,23H2,1-3H3,(H,37,42)/t34-/m1/s1. The van der Waals surface area contributed by atoms with Gasteiger partial charge in [-0.3, -0.25) is 14.4 Å². The van der Waals surface area contributed by atoms with Crippen molar-refractivity contribution in [1.82, 2.24) is 20.0 Å². The molecule has 3 aromatic rings. The van der Waals surface area contributed by atoms with Crippen LogP contribution in [0.25, 0.3) is 0 Å². The number of hydrogen-bond donors (Lipinski definition) is 1. The van der Waals surface area contributed by atoms with Gasteiger partial charge in [0.05, 0.1) is 27.5 Å². The Morgan fingerprint density at radius 1 is 0.953 bits per heavy atom. The molecular formula is C34H38Cl2N4O3. The van der Waals surface area contributed by atoms with Gasteiger partial charge in [-0.25, -0.2) is 0 Å². The lowest BCUT2D eigenvalue weighted by atomic mass is 9.75. The Balaban J connectivity index is 1.46. The Hall–Kier alpha value is -3.39. The maximum atomic E-state index is 14.0. The van der Waals surface area contributed by atoms with Crippen LogP contribution < -0.4 is 5.32 Å². The van der Waals surface area contributed by atoms with Crippen LogP contribution in [-0.4, -0.2) is 72.7 Å². The van der Waals surface area contributed by atoms with E-state index >= 15 is 0 Å². The first-order chi connectivity index (χ1) is 20.5. The second kappa shape index (κ2) is 12.7. The lowest BCUT2D eigenvalue weighted by molar-refractivity contribution is -0.129. The number of benzene rings is 3. The van der Waals surface area contributed by atoms with E-state index in [-0.39, 0.29) is 29.8 Å². The quantitative estimate of drug-likeness (QED) is 0.361. The first-order valence-electron chi connectivity index (χ1n) is 14.7. The van der Waals surface area contributed by atoms with Crippen molar-refractivity contribution < 1.29 is 14.4 Å². The zero-order chi connectivity index (χ0) is 30.8. The van der Waals surface area contributed by atoms with Gasteiger partial charge < -0.3 is 20.0 Å². The Bertz CT molecular complexity index is 1510.